The zero-order valence-corrected chi connectivity index (χ0v) is 12.8. The Bertz CT molecular complexity index is 423. The summed E-state index contributed by atoms with van der Waals surface area (Å²) in [5.74, 6) is 0. The second-order valence-corrected chi connectivity index (χ2v) is 6.58. The van der Waals surface area contributed by atoms with Crippen molar-refractivity contribution in [3.8, 4) is 0 Å². The highest BCUT2D eigenvalue weighted by molar-refractivity contribution is 5.28. The number of aryl methyl sites for hydroxylation is 1. The molecular formula is C18H28N2. The Hall–Kier alpha value is -0.860. The Kier molecular flexibility index (Phi) is 4.74. The summed E-state index contributed by atoms with van der Waals surface area (Å²) in [5.41, 5.74) is 3.10. The van der Waals surface area contributed by atoms with Crippen molar-refractivity contribution in [3.05, 3.63) is 35.4 Å². The predicted molar refractivity (Wildman–Crippen MR) is 84.9 cm³/mol. The standard InChI is InChI=1S/C18H28N2/c1-15(13-19-18-10-4-5-11-18)20-12-6-9-16-7-2-3-8-17(16)14-20/h2-3,7-8,15,18-19H,4-6,9-14H2,1H3. The number of rotatable bonds is 4. The average molecular weight is 272 g/mol. The van der Waals surface area contributed by atoms with E-state index in [1.807, 2.05) is 0 Å². The van der Waals surface area contributed by atoms with Gasteiger partial charge in [0.15, 0.2) is 0 Å². The molecule has 1 saturated carbocycles. The van der Waals surface area contributed by atoms with Crippen LogP contribution in [0.4, 0.5) is 0 Å². The molecule has 1 heterocycles. The first-order valence-electron chi connectivity index (χ1n) is 8.37. The van der Waals surface area contributed by atoms with Gasteiger partial charge < -0.3 is 5.32 Å². The zero-order valence-electron chi connectivity index (χ0n) is 12.8. The third-order valence-corrected chi connectivity index (χ3v) is 5.06. The van der Waals surface area contributed by atoms with Crippen LogP contribution in [0.15, 0.2) is 24.3 Å². The van der Waals surface area contributed by atoms with Crippen LogP contribution >= 0.6 is 0 Å². The van der Waals surface area contributed by atoms with Gasteiger partial charge in [-0.1, -0.05) is 37.1 Å². The first-order valence-corrected chi connectivity index (χ1v) is 8.37. The number of nitrogens with zero attached hydrogens (tertiary/aromatic N) is 1. The lowest BCUT2D eigenvalue weighted by atomic mass is 10.0. The Morgan fingerprint density at radius 3 is 2.70 bits per heavy atom. The minimum atomic E-state index is 0.641. The van der Waals surface area contributed by atoms with Crippen molar-refractivity contribution in [2.24, 2.45) is 0 Å². The molecule has 110 valence electrons. The molecule has 1 aromatic rings. The maximum atomic E-state index is 3.78. The zero-order chi connectivity index (χ0) is 13.8. The maximum absolute atomic E-state index is 3.78. The van der Waals surface area contributed by atoms with E-state index in [1.54, 1.807) is 5.56 Å². The molecule has 1 aliphatic carbocycles. The van der Waals surface area contributed by atoms with Crippen molar-refractivity contribution >= 4 is 0 Å². The molecule has 2 aliphatic rings. The molecule has 0 radical (unpaired) electrons. The molecule has 1 aliphatic heterocycles. The monoisotopic (exact) mass is 272 g/mol. The van der Waals surface area contributed by atoms with Gasteiger partial charge in [-0.2, -0.15) is 0 Å². The van der Waals surface area contributed by atoms with Crippen molar-refractivity contribution in [1.29, 1.82) is 0 Å². The van der Waals surface area contributed by atoms with Crippen LogP contribution in [-0.4, -0.2) is 30.1 Å². The second-order valence-electron chi connectivity index (χ2n) is 6.58. The highest BCUT2D eigenvalue weighted by atomic mass is 15.2. The topological polar surface area (TPSA) is 15.3 Å². The first kappa shape index (κ1) is 14.1. The van der Waals surface area contributed by atoms with Gasteiger partial charge >= 0.3 is 0 Å². The lowest BCUT2D eigenvalue weighted by Gasteiger charge is -2.29. The van der Waals surface area contributed by atoms with Crippen LogP contribution in [0, 0.1) is 0 Å². The van der Waals surface area contributed by atoms with Gasteiger partial charge in [-0.25, -0.2) is 0 Å². The Morgan fingerprint density at radius 2 is 1.90 bits per heavy atom. The molecule has 20 heavy (non-hydrogen) atoms. The molecule has 0 amide bonds. The average Bonchev–Trinajstić information content (AvgIpc) is 2.89. The number of nitrogens with one attached hydrogen (secondary N) is 1. The molecule has 1 unspecified atom stereocenters. The van der Waals surface area contributed by atoms with E-state index in [0.717, 1.165) is 19.1 Å². The summed E-state index contributed by atoms with van der Waals surface area (Å²) in [7, 11) is 0. The Balaban J connectivity index is 1.56. The fraction of sp³-hybridized carbons (Fsp3) is 0.667. The van der Waals surface area contributed by atoms with Crippen LogP contribution in [0.5, 0.6) is 0 Å². The number of fused-ring (bicyclic) bond motifs is 1. The van der Waals surface area contributed by atoms with Crippen LogP contribution in [0.25, 0.3) is 0 Å². The summed E-state index contributed by atoms with van der Waals surface area (Å²) in [6.45, 7) is 5.90. The van der Waals surface area contributed by atoms with Crippen molar-refractivity contribution in [2.75, 3.05) is 13.1 Å². The quantitative estimate of drug-likeness (QED) is 0.904. The SMILES string of the molecule is CC(CNC1CCCC1)N1CCCc2ccccc2C1. The molecule has 2 heteroatoms. The lowest BCUT2D eigenvalue weighted by Crippen LogP contribution is -2.42. The minimum absolute atomic E-state index is 0.641. The summed E-state index contributed by atoms with van der Waals surface area (Å²) in [6, 6.07) is 10.4. The van der Waals surface area contributed by atoms with E-state index in [0.29, 0.717) is 6.04 Å². The maximum Gasteiger partial charge on any atom is 0.0239 e. The summed E-state index contributed by atoms with van der Waals surface area (Å²) < 4.78 is 0. The van der Waals surface area contributed by atoms with Gasteiger partial charge in [-0.3, -0.25) is 4.90 Å². The Labute approximate surface area is 123 Å². The smallest absolute Gasteiger partial charge is 0.0239 e. The van der Waals surface area contributed by atoms with Crippen molar-refractivity contribution in [2.45, 2.75) is 64.1 Å². The van der Waals surface area contributed by atoms with Crippen LogP contribution in [-0.2, 0) is 13.0 Å². The van der Waals surface area contributed by atoms with Gasteiger partial charge in [0, 0.05) is 25.2 Å². The van der Waals surface area contributed by atoms with Gasteiger partial charge in [0.2, 0.25) is 0 Å². The largest absolute Gasteiger partial charge is 0.312 e. The fourth-order valence-corrected chi connectivity index (χ4v) is 3.70. The van der Waals surface area contributed by atoms with Crippen LogP contribution in [0.3, 0.4) is 0 Å². The first-order chi connectivity index (χ1) is 9.83. The lowest BCUT2D eigenvalue weighted by molar-refractivity contribution is 0.194. The van der Waals surface area contributed by atoms with Crippen molar-refractivity contribution in [1.82, 2.24) is 10.2 Å². The minimum Gasteiger partial charge on any atom is -0.312 e. The Morgan fingerprint density at radius 1 is 1.15 bits per heavy atom. The van der Waals surface area contributed by atoms with Crippen molar-refractivity contribution < 1.29 is 0 Å². The molecule has 0 spiro atoms. The summed E-state index contributed by atoms with van der Waals surface area (Å²) in [4.78, 5) is 2.66. The van der Waals surface area contributed by atoms with E-state index in [2.05, 4.69) is 41.4 Å². The molecule has 2 nitrogen and oxygen atoms in total. The van der Waals surface area contributed by atoms with Crippen LogP contribution in [0.1, 0.15) is 50.2 Å². The van der Waals surface area contributed by atoms with Crippen molar-refractivity contribution in [3.63, 3.8) is 0 Å². The summed E-state index contributed by atoms with van der Waals surface area (Å²) in [5, 5.41) is 3.78. The molecule has 1 atom stereocenters. The van der Waals surface area contributed by atoms with Gasteiger partial charge in [0.25, 0.3) is 0 Å². The van der Waals surface area contributed by atoms with Gasteiger partial charge in [0.1, 0.15) is 0 Å². The molecular weight excluding hydrogens is 244 g/mol. The van der Waals surface area contributed by atoms with Gasteiger partial charge in [-0.05, 0) is 50.3 Å². The van der Waals surface area contributed by atoms with E-state index in [-0.39, 0.29) is 0 Å². The third kappa shape index (κ3) is 3.42. The summed E-state index contributed by atoms with van der Waals surface area (Å²) in [6.07, 6.45) is 8.15. The second kappa shape index (κ2) is 6.73. The molecule has 0 aromatic heterocycles. The number of hydrogen-bond acceptors (Lipinski definition) is 2. The molecule has 0 saturated heterocycles. The molecule has 1 N–H and O–H groups in total. The van der Waals surface area contributed by atoms with Gasteiger partial charge in [0.05, 0.1) is 0 Å². The van der Waals surface area contributed by atoms with Crippen LogP contribution < -0.4 is 5.32 Å². The molecule has 3 rings (SSSR count). The van der Waals surface area contributed by atoms with E-state index in [9.17, 15) is 0 Å². The number of benzene rings is 1. The fourth-order valence-electron chi connectivity index (χ4n) is 3.70. The molecule has 1 aromatic carbocycles. The number of hydrogen-bond donors (Lipinski definition) is 1. The normalized spacial score (nSPS) is 22.4. The van der Waals surface area contributed by atoms with E-state index in [1.165, 1.54) is 50.6 Å². The van der Waals surface area contributed by atoms with Gasteiger partial charge in [-0.15, -0.1) is 0 Å². The van der Waals surface area contributed by atoms with E-state index < -0.39 is 0 Å². The third-order valence-electron chi connectivity index (χ3n) is 5.06. The van der Waals surface area contributed by atoms with Crippen LogP contribution in [0.2, 0.25) is 0 Å². The predicted octanol–water partition coefficient (Wildman–Crippen LogP) is 3.36. The summed E-state index contributed by atoms with van der Waals surface area (Å²) >= 11 is 0. The highest BCUT2D eigenvalue weighted by Crippen LogP contribution is 2.21. The highest BCUT2D eigenvalue weighted by Gasteiger charge is 2.20. The molecule has 0 bridgehead atoms. The molecule has 1 fully saturated rings. The van der Waals surface area contributed by atoms with E-state index >= 15 is 0 Å². The van der Waals surface area contributed by atoms with E-state index in [4.69, 9.17) is 0 Å².